The van der Waals surface area contributed by atoms with Crippen LogP contribution in [0, 0.1) is 17.2 Å². The molecule has 0 radical (unpaired) electrons. The Morgan fingerprint density at radius 2 is 2.42 bits per heavy atom. The molecular formula is C13H14N4OS. The molecule has 0 saturated heterocycles. The van der Waals surface area contributed by atoms with Crippen molar-refractivity contribution in [2.45, 2.75) is 6.92 Å². The van der Waals surface area contributed by atoms with Gasteiger partial charge in [0.15, 0.2) is 0 Å². The molecule has 0 aliphatic carbocycles. The SMILES string of the molecule is CC(C#N)CN(C)C(=O)c1sc2cccnc2c1N. The van der Waals surface area contributed by atoms with Crippen molar-refractivity contribution in [1.82, 2.24) is 9.88 Å². The van der Waals surface area contributed by atoms with Crippen LogP contribution in [0.3, 0.4) is 0 Å². The van der Waals surface area contributed by atoms with E-state index in [2.05, 4.69) is 11.1 Å². The average molecular weight is 274 g/mol. The van der Waals surface area contributed by atoms with Gasteiger partial charge < -0.3 is 10.6 Å². The Morgan fingerprint density at radius 3 is 3.05 bits per heavy atom. The Kier molecular flexibility index (Phi) is 3.67. The molecule has 0 aliphatic heterocycles. The molecular weight excluding hydrogens is 260 g/mol. The first-order valence-electron chi connectivity index (χ1n) is 5.82. The molecule has 0 saturated carbocycles. The molecule has 0 fully saturated rings. The molecule has 1 atom stereocenters. The molecule has 1 unspecified atom stereocenters. The molecule has 2 rings (SSSR count). The van der Waals surface area contributed by atoms with Crippen LogP contribution in [0.1, 0.15) is 16.6 Å². The van der Waals surface area contributed by atoms with Gasteiger partial charge in [0.25, 0.3) is 5.91 Å². The van der Waals surface area contributed by atoms with E-state index in [0.717, 1.165) is 4.70 Å². The van der Waals surface area contributed by atoms with Crippen molar-refractivity contribution in [3.8, 4) is 6.07 Å². The van der Waals surface area contributed by atoms with Crippen LogP contribution in [0.4, 0.5) is 5.69 Å². The molecule has 0 spiro atoms. The fourth-order valence-corrected chi connectivity index (χ4v) is 2.89. The summed E-state index contributed by atoms with van der Waals surface area (Å²) in [5, 5.41) is 8.78. The number of fused-ring (bicyclic) bond motifs is 1. The number of pyridine rings is 1. The van der Waals surface area contributed by atoms with Gasteiger partial charge in [0.05, 0.1) is 22.4 Å². The largest absolute Gasteiger partial charge is 0.396 e. The first kappa shape index (κ1) is 13.3. The third-order valence-corrected chi connectivity index (χ3v) is 3.94. The third-order valence-electron chi connectivity index (χ3n) is 2.79. The number of nitrogen functional groups attached to an aromatic ring is 1. The minimum atomic E-state index is -0.206. The highest BCUT2D eigenvalue weighted by Crippen LogP contribution is 2.32. The van der Waals surface area contributed by atoms with E-state index in [1.807, 2.05) is 12.1 Å². The van der Waals surface area contributed by atoms with Crippen LogP contribution in [0.2, 0.25) is 0 Å². The van der Waals surface area contributed by atoms with Gasteiger partial charge in [0.1, 0.15) is 10.4 Å². The van der Waals surface area contributed by atoms with E-state index in [0.29, 0.717) is 22.6 Å². The van der Waals surface area contributed by atoms with E-state index in [9.17, 15) is 4.79 Å². The smallest absolute Gasteiger partial charge is 0.265 e. The predicted octanol–water partition coefficient (Wildman–Crippen LogP) is 2.11. The number of carbonyl (C=O) groups excluding carboxylic acids is 1. The summed E-state index contributed by atoms with van der Waals surface area (Å²) in [7, 11) is 1.67. The highest BCUT2D eigenvalue weighted by molar-refractivity contribution is 7.21. The lowest BCUT2D eigenvalue weighted by atomic mass is 10.2. The zero-order valence-corrected chi connectivity index (χ0v) is 11.6. The first-order chi connectivity index (χ1) is 9.04. The second-order valence-corrected chi connectivity index (χ2v) is 5.46. The van der Waals surface area contributed by atoms with Crippen molar-refractivity contribution in [3.05, 3.63) is 23.2 Å². The number of carbonyl (C=O) groups is 1. The van der Waals surface area contributed by atoms with Crippen LogP contribution < -0.4 is 5.73 Å². The number of hydrogen-bond donors (Lipinski definition) is 1. The lowest BCUT2D eigenvalue weighted by Gasteiger charge is -2.17. The summed E-state index contributed by atoms with van der Waals surface area (Å²) in [6.45, 7) is 2.16. The summed E-state index contributed by atoms with van der Waals surface area (Å²) in [5.41, 5.74) is 7.06. The fraction of sp³-hybridized carbons (Fsp3) is 0.308. The highest BCUT2D eigenvalue weighted by Gasteiger charge is 2.21. The van der Waals surface area contributed by atoms with Crippen LogP contribution in [0.25, 0.3) is 10.2 Å². The lowest BCUT2D eigenvalue weighted by molar-refractivity contribution is 0.0791. The van der Waals surface area contributed by atoms with Crippen molar-refractivity contribution < 1.29 is 4.79 Å². The molecule has 98 valence electrons. The summed E-state index contributed by atoms with van der Waals surface area (Å²) in [4.78, 5) is 18.5. The van der Waals surface area contributed by atoms with Crippen molar-refractivity contribution in [3.63, 3.8) is 0 Å². The van der Waals surface area contributed by atoms with Gasteiger partial charge in [-0.15, -0.1) is 11.3 Å². The molecule has 0 aliphatic rings. The molecule has 1 amide bonds. The maximum Gasteiger partial charge on any atom is 0.265 e. The Morgan fingerprint density at radius 1 is 1.68 bits per heavy atom. The van der Waals surface area contributed by atoms with Crippen molar-refractivity contribution in [2.75, 3.05) is 19.3 Å². The zero-order valence-electron chi connectivity index (χ0n) is 10.8. The van der Waals surface area contributed by atoms with Crippen molar-refractivity contribution in [2.24, 2.45) is 5.92 Å². The van der Waals surface area contributed by atoms with Crippen LogP contribution >= 0.6 is 11.3 Å². The van der Waals surface area contributed by atoms with E-state index in [1.165, 1.54) is 16.2 Å². The maximum absolute atomic E-state index is 12.3. The minimum Gasteiger partial charge on any atom is -0.396 e. The predicted molar refractivity (Wildman–Crippen MR) is 75.8 cm³/mol. The Bertz CT molecular complexity index is 658. The number of rotatable bonds is 3. The van der Waals surface area contributed by atoms with Crippen LogP contribution in [-0.2, 0) is 0 Å². The van der Waals surface area contributed by atoms with Crippen molar-refractivity contribution >= 4 is 33.1 Å². The number of nitrogens with two attached hydrogens (primary N) is 1. The Balaban J connectivity index is 2.32. The summed E-state index contributed by atoms with van der Waals surface area (Å²) in [6.07, 6.45) is 1.65. The van der Waals surface area contributed by atoms with E-state index in [-0.39, 0.29) is 11.8 Å². The molecule has 2 heterocycles. The van der Waals surface area contributed by atoms with Gasteiger partial charge in [-0.3, -0.25) is 9.78 Å². The zero-order chi connectivity index (χ0) is 14.0. The molecule has 2 N–H and O–H groups in total. The second-order valence-electron chi connectivity index (χ2n) is 4.41. The van der Waals surface area contributed by atoms with Crippen LogP contribution in [-0.4, -0.2) is 29.4 Å². The van der Waals surface area contributed by atoms with E-state index >= 15 is 0 Å². The van der Waals surface area contributed by atoms with Gasteiger partial charge in [-0.25, -0.2) is 0 Å². The van der Waals surface area contributed by atoms with Gasteiger partial charge in [0.2, 0.25) is 0 Å². The van der Waals surface area contributed by atoms with E-state index < -0.39 is 0 Å². The number of anilines is 1. The second kappa shape index (κ2) is 5.24. The van der Waals surface area contributed by atoms with Gasteiger partial charge in [-0.1, -0.05) is 0 Å². The molecule has 2 aromatic heterocycles. The number of nitriles is 1. The number of hydrogen-bond acceptors (Lipinski definition) is 5. The number of thiophene rings is 1. The Labute approximate surface area is 115 Å². The van der Waals surface area contributed by atoms with Gasteiger partial charge in [-0.05, 0) is 19.1 Å². The molecule has 5 nitrogen and oxygen atoms in total. The number of nitrogens with zero attached hydrogens (tertiary/aromatic N) is 3. The fourth-order valence-electron chi connectivity index (χ4n) is 1.81. The van der Waals surface area contributed by atoms with Gasteiger partial charge >= 0.3 is 0 Å². The van der Waals surface area contributed by atoms with Crippen molar-refractivity contribution in [1.29, 1.82) is 5.26 Å². The number of amides is 1. The van der Waals surface area contributed by atoms with E-state index in [1.54, 1.807) is 20.2 Å². The first-order valence-corrected chi connectivity index (χ1v) is 6.64. The normalized spacial score (nSPS) is 12.1. The summed E-state index contributed by atoms with van der Waals surface area (Å²) in [5.74, 6) is -0.370. The van der Waals surface area contributed by atoms with Gasteiger partial charge in [0, 0.05) is 19.8 Å². The molecule has 6 heteroatoms. The monoisotopic (exact) mass is 274 g/mol. The van der Waals surface area contributed by atoms with Crippen LogP contribution in [0.15, 0.2) is 18.3 Å². The quantitative estimate of drug-likeness (QED) is 0.929. The topological polar surface area (TPSA) is 83.0 Å². The number of aromatic nitrogens is 1. The van der Waals surface area contributed by atoms with Gasteiger partial charge in [-0.2, -0.15) is 5.26 Å². The third kappa shape index (κ3) is 2.51. The summed E-state index contributed by atoms with van der Waals surface area (Å²) >= 11 is 1.33. The Hall–Kier alpha value is -2.13. The standard InChI is InChI=1S/C13H14N4OS/c1-8(6-14)7-17(2)13(18)12-10(15)11-9(19-12)4-3-5-16-11/h3-5,8H,7,15H2,1-2H3. The lowest BCUT2D eigenvalue weighted by Crippen LogP contribution is -2.30. The maximum atomic E-state index is 12.3. The molecule has 0 bridgehead atoms. The van der Waals surface area contributed by atoms with E-state index in [4.69, 9.17) is 11.0 Å². The summed E-state index contributed by atoms with van der Waals surface area (Å²) < 4.78 is 0.894. The minimum absolute atomic E-state index is 0.164. The average Bonchev–Trinajstić information content (AvgIpc) is 2.75. The molecule has 2 aromatic rings. The highest BCUT2D eigenvalue weighted by atomic mass is 32.1. The summed E-state index contributed by atoms with van der Waals surface area (Å²) in [6, 6.07) is 5.81. The van der Waals surface area contributed by atoms with Crippen LogP contribution in [0.5, 0.6) is 0 Å². The molecule has 0 aromatic carbocycles. The molecule has 19 heavy (non-hydrogen) atoms.